The molecule has 0 heterocycles. The zero-order chi connectivity index (χ0) is 13.5. The van der Waals surface area contributed by atoms with Crippen LogP contribution in [0.3, 0.4) is 0 Å². The first-order valence-electron chi connectivity index (χ1n) is 5.21. The lowest BCUT2D eigenvalue weighted by Gasteiger charge is -1.96. The van der Waals surface area contributed by atoms with Gasteiger partial charge in [-0.2, -0.15) is 0 Å². The van der Waals surface area contributed by atoms with Gasteiger partial charge in [0.2, 0.25) is 5.91 Å². The molecule has 0 atom stereocenters. The Labute approximate surface area is 104 Å². The van der Waals surface area contributed by atoms with E-state index in [2.05, 4.69) is 17.2 Å². The average Bonchev–Trinajstić information content (AvgIpc) is 2.27. The predicted molar refractivity (Wildman–Crippen MR) is 64.9 cm³/mol. The first kappa shape index (κ1) is 13.5. The first-order valence-corrected chi connectivity index (χ1v) is 5.21. The van der Waals surface area contributed by atoms with Crippen molar-refractivity contribution in [2.75, 3.05) is 6.54 Å². The molecular weight excluding hydrogens is 236 g/mol. The summed E-state index contributed by atoms with van der Waals surface area (Å²) < 4.78 is 0. The molecule has 0 saturated heterocycles. The van der Waals surface area contributed by atoms with Crippen LogP contribution in [-0.4, -0.2) is 22.5 Å². The van der Waals surface area contributed by atoms with Gasteiger partial charge >= 0.3 is 5.69 Å². The van der Waals surface area contributed by atoms with Crippen molar-refractivity contribution in [3.63, 3.8) is 0 Å². The van der Waals surface area contributed by atoms with Crippen molar-refractivity contribution in [1.82, 2.24) is 5.32 Å². The van der Waals surface area contributed by atoms with Gasteiger partial charge in [-0.15, -0.1) is 0 Å². The molecule has 1 rings (SSSR count). The summed E-state index contributed by atoms with van der Waals surface area (Å²) in [6.45, 7) is 1.86. The highest BCUT2D eigenvalue weighted by Crippen LogP contribution is 2.25. The van der Waals surface area contributed by atoms with Crippen molar-refractivity contribution in [2.24, 2.45) is 0 Å². The molecular formula is C12H12N2O4. The third kappa shape index (κ3) is 4.14. The number of aromatic hydroxyl groups is 1. The molecule has 2 N–H and O–H groups in total. The molecule has 0 aliphatic rings. The van der Waals surface area contributed by atoms with Crippen molar-refractivity contribution < 1.29 is 14.8 Å². The summed E-state index contributed by atoms with van der Waals surface area (Å²) in [7, 11) is 0. The molecule has 0 unspecified atom stereocenters. The normalized spacial score (nSPS) is 9.17. The number of phenols is 1. The number of phenolic OH excluding ortho intramolecular Hbond substituents is 1. The van der Waals surface area contributed by atoms with Crippen molar-refractivity contribution in [3.8, 4) is 17.6 Å². The Kier molecular flexibility index (Phi) is 4.69. The van der Waals surface area contributed by atoms with Gasteiger partial charge in [-0.05, 0) is 6.07 Å². The standard InChI is InChI=1S/C12H12N2O4/c1-9(15)13-7-3-2-4-10-5-6-11(14(17)18)12(16)8-10/h5-6,8,16H,3,7H2,1H3,(H,13,15). The number of hydrogen-bond donors (Lipinski definition) is 2. The number of nitro groups is 1. The van der Waals surface area contributed by atoms with Gasteiger partial charge in [0.05, 0.1) is 4.92 Å². The van der Waals surface area contributed by atoms with Gasteiger partial charge in [-0.3, -0.25) is 14.9 Å². The molecule has 94 valence electrons. The molecule has 1 amide bonds. The number of rotatable bonds is 3. The van der Waals surface area contributed by atoms with E-state index in [4.69, 9.17) is 0 Å². The van der Waals surface area contributed by atoms with Crippen LogP contribution in [0.2, 0.25) is 0 Å². The van der Waals surface area contributed by atoms with E-state index < -0.39 is 10.7 Å². The number of carbonyl (C=O) groups excluding carboxylic acids is 1. The predicted octanol–water partition coefficient (Wildman–Crippen LogP) is 1.18. The fraction of sp³-hybridized carbons (Fsp3) is 0.250. The average molecular weight is 248 g/mol. The van der Waals surface area contributed by atoms with Crippen LogP contribution in [0.5, 0.6) is 5.75 Å². The third-order valence-corrected chi connectivity index (χ3v) is 2.03. The second kappa shape index (κ2) is 6.25. The van der Waals surface area contributed by atoms with E-state index in [0.717, 1.165) is 0 Å². The van der Waals surface area contributed by atoms with Gasteiger partial charge < -0.3 is 10.4 Å². The van der Waals surface area contributed by atoms with Gasteiger partial charge in [0.15, 0.2) is 5.75 Å². The Morgan fingerprint density at radius 3 is 2.83 bits per heavy atom. The summed E-state index contributed by atoms with van der Waals surface area (Å²) in [4.78, 5) is 20.4. The Balaban J connectivity index is 2.64. The molecule has 18 heavy (non-hydrogen) atoms. The highest BCUT2D eigenvalue weighted by Gasteiger charge is 2.11. The highest BCUT2D eigenvalue weighted by atomic mass is 16.6. The zero-order valence-corrected chi connectivity index (χ0v) is 9.77. The Morgan fingerprint density at radius 1 is 1.56 bits per heavy atom. The van der Waals surface area contributed by atoms with Crippen LogP contribution in [0.1, 0.15) is 18.9 Å². The second-order valence-corrected chi connectivity index (χ2v) is 3.50. The molecule has 0 saturated carbocycles. The molecule has 1 aromatic rings. The molecule has 0 fully saturated rings. The lowest BCUT2D eigenvalue weighted by Crippen LogP contribution is -2.20. The van der Waals surface area contributed by atoms with E-state index >= 15 is 0 Å². The maximum Gasteiger partial charge on any atom is 0.310 e. The SMILES string of the molecule is CC(=O)NCCC#Cc1ccc([N+](=O)[O-])c(O)c1. The minimum atomic E-state index is -0.663. The minimum Gasteiger partial charge on any atom is -0.502 e. The topological polar surface area (TPSA) is 92.5 Å². The summed E-state index contributed by atoms with van der Waals surface area (Å²) in [5.41, 5.74) is 0.139. The molecule has 0 aromatic heterocycles. The fourth-order valence-corrected chi connectivity index (χ4v) is 1.22. The van der Waals surface area contributed by atoms with E-state index in [1.54, 1.807) is 0 Å². The maximum atomic E-state index is 10.6. The number of hydrogen-bond acceptors (Lipinski definition) is 4. The Bertz CT molecular complexity index is 529. The van der Waals surface area contributed by atoms with E-state index in [1.165, 1.54) is 25.1 Å². The van der Waals surface area contributed by atoms with Crippen molar-refractivity contribution >= 4 is 11.6 Å². The molecule has 0 spiro atoms. The third-order valence-electron chi connectivity index (χ3n) is 2.03. The number of nitrogens with zero attached hydrogens (tertiary/aromatic N) is 1. The van der Waals surface area contributed by atoms with Gasteiger partial charge in [-0.1, -0.05) is 11.8 Å². The largest absolute Gasteiger partial charge is 0.502 e. The fourth-order valence-electron chi connectivity index (χ4n) is 1.22. The van der Waals surface area contributed by atoms with Gasteiger partial charge in [-0.25, -0.2) is 0 Å². The summed E-state index contributed by atoms with van der Waals surface area (Å²) in [6.07, 6.45) is 0.470. The van der Waals surface area contributed by atoms with Crippen LogP contribution >= 0.6 is 0 Å². The molecule has 6 nitrogen and oxygen atoms in total. The lowest BCUT2D eigenvalue weighted by molar-refractivity contribution is -0.385. The van der Waals surface area contributed by atoms with Crippen LogP contribution < -0.4 is 5.32 Å². The number of benzene rings is 1. The van der Waals surface area contributed by atoms with E-state index in [-0.39, 0.29) is 11.6 Å². The summed E-state index contributed by atoms with van der Waals surface area (Å²) in [5, 5.41) is 22.4. The van der Waals surface area contributed by atoms with Gasteiger partial charge in [0.1, 0.15) is 0 Å². The molecule has 1 aromatic carbocycles. The molecule has 0 aliphatic heterocycles. The number of carbonyl (C=O) groups is 1. The van der Waals surface area contributed by atoms with E-state index in [9.17, 15) is 20.0 Å². The van der Waals surface area contributed by atoms with Crippen LogP contribution in [0, 0.1) is 22.0 Å². The smallest absolute Gasteiger partial charge is 0.310 e. The summed E-state index contributed by atoms with van der Waals surface area (Å²) in [5.74, 6) is 5.00. The molecule has 0 aliphatic carbocycles. The zero-order valence-electron chi connectivity index (χ0n) is 9.77. The maximum absolute atomic E-state index is 10.6. The van der Waals surface area contributed by atoms with E-state index in [1.807, 2.05) is 0 Å². The van der Waals surface area contributed by atoms with Crippen molar-refractivity contribution in [1.29, 1.82) is 0 Å². The molecule has 0 radical (unpaired) electrons. The highest BCUT2D eigenvalue weighted by molar-refractivity contribution is 5.72. The summed E-state index contributed by atoms with van der Waals surface area (Å²) in [6, 6.07) is 3.90. The van der Waals surface area contributed by atoms with Crippen LogP contribution in [-0.2, 0) is 4.79 Å². The van der Waals surface area contributed by atoms with E-state index in [0.29, 0.717) is 18.5 Å². The van der Waals surface area contributed by atoms with Crippen molar-refractivity contribution in [2.45, 2.75) is 13.3 Å². The van der Waals surface area contributed by atoms with Crippen LogP contribution in [0.4, 0.5) is 5.69 Å². The Hall–Kier alpha value is -2.55. The van der Waals surface area contributed by atoms with Gasteiger partial charge in [0, 0.05) is 37.6 Å². The van der Waals surface area contributed by atoms with Gasteiger partial charge in [0.25, 0.3) is 0 Å². The molecule has 0 bridgehead atoms. The van der Waals surface area contributed by atoms with Crippen LogP contribution in [0.25, 0.3) is 0 Å². The van der Waals surface area contributed by atoms with Crippen LogP contribution in [0.15, 0.2) is 18.2 Å². The quantitative estimate of drug-likeness (QED) is 0.363. The summed E-state index contributed by atoms with van der Waals surface area (Å²) >= 11 is 0. The monoisotopic (exact) mass is 248 g/mol. The lowest BCUT2D eigenvalue weighted by atomic mass is 10.2. The number of nitro benzene ring substituents is 1. The second-order valence-electron chi connectivity index (χ2n) is 3.50. The first-order chi connectivity index (χ1) is 8.50. The number of amides is 1. The molecule has 6 heteroatoms. The number of nitrogens with one attached hydrogen (secondary N) is 1. The minimum absolute atomic E-state index is 0.121. The van der Waals surface area contributed by atoms with Crippen molar-refractivity contribution in [3.05, 3.63) is 33.9 Å². The Morgan fingerprint density at radius 2 is 2.28 bits per heavy atom.